The second-order valence-corrected chi connectivity index (χ2v) is 5.66. The van der Waals surface area contributed by atoms with E-state index < -0.39 is 5.97 Å². The van der Waals surface area contributed by atoms with Crippen molar-refractivity contribution >= 4 is 17.9 Å². The molecule has 3 rings (SSSR count). The van der Waals surface area contributed by atoms with Crippen LogP contribution in [-0.2, 0) is 9.53 Å². The summed E-state index contributed by atoms with van der Waals surface area (Å²) >= 11 is 0. The number of carbonyl (C=O) groups is 1. The Balaban J connectivity index is 2.01. The third-order valence-corrected chi connectivity index (χ3v) is 3.88. The van der Waals surface area contributed by atoms with Crippen molar-refractivity contribution in [3.05, 3.63) is 58.8 Å². The number of cyclic esters (lactones) is 1. The Hall–Kier alpha value is -3.28. The SMILES string of the molecule is COc1cc(C2=N/C(=C\c3cccc(C)c3)C(=O)O2)cc(OC)c1OC. The van der Waals surface area contributed by atoms with Crippen molar-refractivity contribution in [3.63, 3.8) is 0 Å². The van der Waals surface area contributed by atoms with E-state index in [1.807, 2.05) is 31.2 Å². The van der Waals surface area contributed by atoms with E-state index in [1.54, 1.807) is 18.2 Å². The minimum Gasteiger partial charge on any atom is -0.493 e. The minimum absolute atomic E-state index is 0.188. The number of hydrogen-bond donors (Lipinski definition) is 0. The standard InChI is InChI=1S/C20H19NO5/c1-12-6-5-7-13(8-12)9-15-20(22)26-19(21-15)14-10-16(23-2)18(25-4)17(11-14)24-3/h5-11H,1-4H3/b15-9-. The molecule has 134 valence electrons. The van der Waals surface area contributed by atoms with Crippen LogP contribution >= 0.6 is 0 Å². The van der Waals surface area contributed by atoms with Gasteiger partial charge in [-0.15, -0.1) is 0 Å². The lowest BCUT2D eigenvalue weighted by atomic mass is 10.1. The average molecular weight is 353 g/mol. The number of methoxy groups -OCH3 is 3. The monoisotopic (exact) mass is 353 g/mol. The van der Waals surface area contributed by atoms with Crippen molar-refractivity contribution < 1.29 is 23.7 Å². The summed E-state index contributed by atoms with van der Waals surface area (Å²) in [5, 5.41) is 0. The summed E-state index contributed by atoms with van der Waals surface area (Å²) < 4.78 is 21.3. The van der Waals surface area contributed by atoms with E-state index in [-0.39, 0.29) is 11.6 Å². The van der Waals surface area contributed by atoms with E-state index in [1.165, 1.54) is 21.3 Å². The highest BCUT2D eigenvalue weighted by atomic mass is 16.6. The number of aliphatic imine (C=N–C) groups is 1. The fourth-order valence-corrected chi connectivity index (χ4v) is 2.65. The molecule has 6 nitrogen and oxygen atoms in total. The van der Waals surface area contributed by atoms with Crippen LogP contribution in [0.5, 0.6) is 17.2 Å². The summed E-state index contributed by atoms with van der Waals surface area (Å²) in [6.45, 7) is 1.99. The van der Waals surface area contributed by atoms with Crippen LogP contribution in [-0.4, -0.2) is 33.2 Å². The molecule has 0 radical (unpaired) electrons. The number of ether oxygens (including phenoxy) is 4. The fraction of sp³-hybridized carbons (Fsp3) is 0.200. The van der Waals surface area contributed by atoms with Gasteiger partial charge in [0.2, 0.25) is 11.6 Å². The van der Waals surface area contributed by atoms with Crippen molar-refractivity contribution in [1.29, 1.82) is 0 Å². The zero-order valence-corrected chi connectivity index (χ0v) is 15.0. The maximum absolute atomic E-state index is 12.2. The molecule has 0 unspecified atom stereocenters. The predicted octanol–water partition coefficient (Wildman–Crippen LogP) is 3.37. The molecule has 0 aromatic heterocycles. The van der Waals surface area contributed by atoms with Gasteiger partial charge >= 0.3 is 5.97 Å². The van der Waals surface area contributed by atoms with E-state index in [4.69, 9.17) is 18.9 Å². The first kappa shape index (κ1) is 17.5. The van der Waals surface area contributed by atoms with Crippen LogP contribution in [0.25, 0.3) is 6.08 Å². The zero-order valence-electron chi connectivity index (χ0n) is 15.0. The van der Waals surface area contributed by atoms with Gasteiger partial charge in [-0.2, -0.15) is 0 Å². The molecule has 0 aliphatic carbocycles. The predicted molar refractivity (Wildman–Crippen MR) is 97.9 cm³/mol. The molecular formula is C20H19NO5. The number of hydrogen-bond acceptors (Lipinski definition) is 6. The normalized spacial score (nSPS) is 14.8. The highest BCUT2D eigenvalue weighted by Gasteiger charge is 2.26. The number of benzene rings is 2. The number of esters is 1. The Morgan fingerprint density at radius 1 is 1.00 bits per heavy atom. The number of carbonyl (C=O) groups excluding carboxylic acids is 1. The van der Waals surface area contributed by atoms with Crippen LogP contribution in [0, 0.1) is 6.92 Å². The largest absolute Gasteiger partial charge is 0.493 e. The van der Waals surface area contributed by atoms with Crippen LogP contribution in [0.4, 0.5) is 0 Å². The zero-order chi connectivity index (χ0) is 18.7. The highest BCUT2D eigenvalue weighted by Crippen LogP contribution is 2.39. The molecule has 0 saturated heterocycles. The molecule has 1 heterocycles. The Kier molecular flexibility index (Phi) is 4.93. The van der Waals surface area contributed by atoms with Gasteiger partial charge in [-0.1, -0.05) is 29.8 Å². The molecule has 1 aliphatic rings. The highest BCUT2D eigenvalue weighted by molar-refractivity contribution is 6.13. The van der Waals surface area contributed by atoms with Crippen molar-refractivity contribution in [1.82, 2.24) is 0 Å². The molecule has 2 aromatic rings. The smallest absolute Gasteiger partial charge is 0.363 e. The van der Waals surface area contributed by atoms with Gasteiger partial charge in [0.1, 0.15) is 0 Å². The maximum Gasteiger partial charge on any atom is 0.363 e. The molecule has 1 aliphatic heterocycles. The molecule has 6 heteroatoms. The number of rotatable bonds is 5. The van der Waals surface area contributed by atoms with Crippen molar-refractivity contribution in [2.24, 2.45) is 4.99 Å². The van der Waals surface area contributed by atoms with E-state index in [2.05, 4.69) is 4.99 Å². The van der Waals surface area contributed by atoms with Gasteiger partial charge in [-0.3, -0.25) is 0 Å². The molecule has 0 amide bonds. The van der Waals surface area contributed by atoms with Gasteiger partial charge < -0.3 is 18.9 Å². The van der Waals surface area contributed by atoms with E-state index in [0.29, 0.717) is 22.8 Å². The summed E-state index contributed by atoms with van der Waals surface area (Å²) in [5.41, 5.74) is 2.77. The molecule has 0 saturated carbocycles. The van der Waals surface area contributed by atoms with E-state index in [0.717, 1.165) is 11.1 Å². The van der Waals surface area contributed by atoms with Crippen LogP contribution in [0.2, 0.25) is 0 Å². The Labute approximate surface area is 151 Å². The summed E-state index contributed by atoms with van der Waals surface area (Å²) in [6, 6.07) is 11.1. The Bertz CT molecular complexity index is 889. The lowest BCUT2D eigenvalue weighted by molar-refractivity contribution is -0.129. The molecule has 26 heavy (non-hydrogen) atoms. The van der Waals surface area contributed by atoms with Gasteiger partial charge in [-0.05, 0) is 30.7 Å². The van der Waals surface area contributed by atoms with Crippen molar-refractivity contribution in [3.8, 4) is 17.2 Å². The van der Waals surface area contributed by atoms with Gasteiger partial charge in [-0.25, -0.2) is 9.79 Å². The molecule has 2 aromatic carbocycles. The molecule has 0 atom stereocenters. The van der Waals surface area contributed by atoms with Crippen LogP contribution in [0.15, 0.2) is 47.1 Å². The minimum atomic E-state index is -0.504. The van der Waals surface area contributed by atoms with Crippen LogP contribution < -0.4 is 14.2 Å². The van der Waals surface area contributed by atoms with Gasteiger partial charge in [0, 0.05) is 5.56 Å². The maximum atomic E-state index is 12.2. The number of nitrogens with zero attached hydrogens (tertiary/aromatic N) is 1. The first-order chi connectivity index (χ1) is 12.5. The van der Waals surface area contributed by atoms with Gasteiger partial charge in [0.25, 0.3) is 0 Å². The third-order valence-electron chi connectivity index (χ3n) is 3.88. The summed E-state index contributed by atoms with van der Waals surface area (Å²) in [4.78, 5) is 16.5. The summed E-state index contributed by atoms with van der Waals surface area (Å²) in [5.74, 6) is 1.05. The Morgan fingerprint density at radius 2 is 1.69 bits per heavy atom. The van der Waals surface area contributed by atoms with Gasteiger partial charge in [0.15, 0.2) is 17.2 Å². The van der Waals surface area contributed by atoms with Crippen LogP contribution in [0.1, 0.15) is 16.7 Å². The molecule has 0 spiro atoms. The first-order valence-corrected chi connectivity index (χ1v) is 7.95. The quantitative estimate of drug-likeness (QED) is 0.609. The second kappa shape index (κ2) is 7.31. The molecule has 0 fully saturated rings. The van der Waals surface area contributed by atoms with Crippen molar-refractivity contribution in [2.75, 3.05) is 21.3 Å². The van der Waals surface area contributed by atoms with Crippen molar-refractivity contribution in [2.45, 2.75) is 6.92 Å². The van der Waals surface area contributed by atoms with E-state index >= 15 is 0 Å². The second-order valence-electron chi connectivity index (χ2n) is 5.66. The topological polar surface area (TPSA) is 66.4 Å². The third kappa shape index (κ3) is 3.39. The lowest BCUT2D eigenvalue weighted by Crippen LogP contribution is -2.06. The number of aryl methyl sites for hydroxylation is 1. The van der Waals surface area contributed by atoms with Gasteiger partial charge in [0.05, 0.1) is 21.3 Å². The average Bonchev–Trinajstić information content (AvgIpc) is 3.01. The molecule has 0 bridgehead atoms. The Morgan fingerprint density at radius 3 is 2.27 bits per heavy atom. The molecule has 0 N–H and O–H groups in total. The van der Waals surface area contributed by atoms with E-state index in [9.17, 15) is 4.79 Å². The summed E-state index contributed by atoms with van der Waals surface area (Å²) in [7, 11) is 4.56. The van der Waals surface area contributed by atoms with Crippen LogP contribution in [0.3, 0.4) is 0 Å². The molecular weight excluding hydrogens is 334 g/mol. The lowest BCUT2D eigenvalue weighted by Gasteiger charge is -2.13. The first-order valence-electron chi connectivity index (χ1n) is 7.95. The summed E-state index contributed by atoms with van der Waals surface area (Å²) in [6.07, 6.45) is 1.69. The fourth-order valence-electron chi connectivity index (χ4n) is 2.65.